The fraction of sp³-hybridized carbons (Fsp3) is 0.895. The smallest absolute Gasteiger partial charge is 0.410 e. The molecule has 0 aromatic carbocycles. The van der Waals surface area contributed by atoms with Gasteiger partial charge in [0, 0.05) is 44.1 Å². The van der Waals surface area contributed by atoms with Crippen LogP contribution in [-0.4, -0.2) is 72.4 Å². The van der Waals surface area contributed by atoms with E-state index in [1.807, 2.05) is 20.8 Å². The van der Waals surface area contributed by atoms with Gasteiger partial charge in [0.2, 0.25) is 0 Å². The summed E-state index contributed by atoms with van der Waals surface area (Å²) in [6.07, 6.45) is 5.02. The number of carbonyl (C=O) groups excluding carboxylic acids is 1. The molecule has 4 fully saturated rings. The molecule has 146 valence electrons. The van der Waals surface area contributed by atoms with Crippen LogP contribution in [0.4, 0.5) is 4.79 Å². The lowest BCUT2D eigenvalue weighted by atomic mass is 9.46. The Balaban J connectivity index is 1.34. The summed E-state index contributed by atoms with van der Waals surface area (Å²) in [7, 11) is 0. The van der Waals surface area contributed by atoms with Crippen LogP contribution in [0.25, 0.3) is 0 Å². The van der Waals surface area contributed by atoms with Crippen molar-refractivity contribution in [2.24, 2.45) is 22.1 Å². The first-order valence-electron chi connectivity index (χ1n) is 9.98. The quantitative estimate of drug-likeness (QED) is 0.567. The Morgan fingerprint density at radius 3 is 2.42 bits per heavy atom. The first-order chi connectivity index (χ1) is 12.3. The summed E-state index contributed by atoms with van der Waals surface area (Å²) in [5.41, 5.74) is 6.17. The number of amides is 1. The van der Waals surface area contributed by atoms with Gasteiger partial charge < -0.3 is 25.0 Å². The number of fused-ring (bicyclic) bond motifs is 2. The molecule has 3 atom stereocenters. The molecule has 4 aliphatic rings. The number of piperazine rings is 1. The van der Waals surface area contributed by atoms with Crippen molar-refractivity contribution in [1.82, 2.24) is 9.80 Å². The molecule has 3 unspecified atom stereocenters. The van der Waals surface area contributed by atoms with Crippen LogP contribution in [0.1, 0.15) is 46.5 Å². The van der Waals surface area contributed by atoms with Crippen LogP contribution < -0.4 is 5.73 Å². The zero-order valence-corrected chi connectivity index (χ0v) is 16.2. The van der Waals surface area contributed by atoms with Crippen molar-refractivity contribution >= 4 is 12.1 Å². The predicted molar refractivity (Wildman–Crippen MR) is 98.9 cm³/mol. The van der Waals surface area contributed by atoms with E-state index in [0.29, 0.717) is 50.2 Å². The number of rotatable bonds is 1. The first kappa shape index (κ1) is 17.9. The van der Waals surface area contributed by atoms with Gasteiger partial charge in [-0.05, 0) is 40.0 Å². The van der Waals surface area contributed by atoms with Crippen molar-refractivity contribution in [3.05, 3.63) is 0 Å². The number of ether oxygens (including phenoxy) is 2. The van der Waals surface area contributed by atoms with Gasteiger partial charge in [0.1, 0.15) is 5.60 Å². The zero-order chi connectivity index (χ0) is 18.5. The molecule has 26 heavy (non-hydrogen) atoms. The van der Waals surface area contributed by atoms with E-state index >= 15 is 0 Å². The minimum atomic E-state index is -0.462. The van der Waals surface area contributed by atoms with Gasteiger partial charge in [-0.1, -0.05) is 6.42 Å². The van der Waals surface area contributed by atoms with E-state index in [2.05, 4.69) is 4.90 Å². The molecule has 0 aromatic rings. The van der Waals surface area contributed by atoms with Crippen LogP contribution in [0, 0.1) is 11.3 Å². The maximum Gasteiger partial charge on any atom is 0.410 e. The second kappa shape index (κ2) is 6.29. The molecule has 0 bridgehead atoms. The molecule has 2 heterocycles. The lowest BCUT2D eigenvalue weighted by molar-refractivity contribution is -0.164. The van der Waals surface area contributed by atoms with E-state index in [4.69, 9.17) is 20.2 Å². The summed E-state index contributed by atoms with van der Waals surface area (Å²) in [6, 6.07) is 0.327. The van der Waals surface area contributed by atoms with Gasteiger partial charge in [0.25, 0.3) is 0 Å². The van der Waals surface area contributed by atoms with Crippen molar-refractivity contribution in [2.75, 3.05) is 32.8 Å². The Hall–Kier alpha value is -1.50. The molecule has 2 saturated carbocycles. The highest BCUT2D eigenvalue weighted by Gasteiger charge is 2.67. The standard InChI is InChI=1S/C19H32N4O3/c1-18(2,3)26-17(24)23-10-8-22(9-11-23)16(20)21-14-13-5-12-25-15(13)19(14)6-4-7-19/h13-15H,4-12H2,1-3H3,(H2,20,21). The number of nitrogens with two attached hydrogens (primary N) is 1. The van der Waals surface area contributed by atoms with Gasteiger partial charge in [-0.3, -0.25) is 0 Å². The maximum absolute atomic E-state index is 12.2. The average Bonchev–Trinajstić information content (AvgIpc) is 2.94. The topological polar surface area (TPSA) is 80.4 Å². The minimum Gasteiger partial charge on any atom is -0.444 e. The second-order valence-corrected chi connectivity index (χ2v) is 9.22. The second-order valence-electron chi connectivity index (χ2n) is 9.22. The Morgan fingerprint density at radius 1 is 1.19 bits per heavy atom. The Bertz CT molecular complexity index is 588. The lowest BCUT2D eigenvalue weighted by Gasteiger charge is -2.61. The van der Waals surface area contributed by atoms with Crippen LogP contribution in [0.5, 0.6) is 0 Å². The number of carbonyl (C=O) groups is 1. The fourth-order valence-electron chi connectivity index (χ4n) is 5.06. The molecule has 7 heteroatoms. The maximum atomic E-state index is 12.2. The van der Waals surface area contributed by atoms with Gasteiger partial charge in [-0.25, -0.2) is 9.79 Å². The van der Waals surface area contributed by atoms with Gasteiger partial charge in [0.05, 0.1) is 12.1 Å². The summed E-state index contributed by atoms with van der Waals surface area (Å²) in [4.78, 5) is 21.0. The van der Waals surface area contributed by atoms with Gasteiger partial charge in [0.15, 0.2) is 5.96 Å². The molecule has 2 N–H and O–H groups in total. The van der Waals surface area contributed by atoms with Crippen molar-refractivity contribution in [1.29, 1.82) is 0 Å². The minimum absolute atomic E-state index is 0.244. The van der Waals surface area contributed by atoms with Crippen molar-refractivity contribution in [3.63, 3.8) is 0 Å². The third-order valence-corrected chi connectivity index (χ3v) is 6.51. The lowest BCUT2D eigenvalue weighted by Crippen LogP contribution is -2.66. The molecule has 2 saturated heterocycles. The zero-order valence-electron chi connectivity index (χ0n) is 16.2. The number of nitrogens with zero attached hydrogens (tertiary/aromatic N) is 3. The summed E-state index contributed by atoms with van der Waals surface area (Å²) < 4.78 is 11.4. The van der Waals surface area contributed by atoms with Crippen LogP contribution >= 0.6 is 0 Å². The summed E-state index contributed by atoms with van der Waals surface area (Å²) in [5.74, 6) is 1.19. The van der Waals surface area contributed by atoms with E-state index in [1.54, 1.807) is 4.90 Å². The predicted octanol–water partition coefficient (Wildman–Crippen LogP) is 1.81. The molecular formula is C19H32N4O3. The highest BCUT2D eigenvalue weighted by Crippen LogP contribution is 2.64. The van der Waals surface area contributed by atoms with E-state index in [-0.39, 0.29) is 11.5 Å². The van der Waals surface area contributed by atoms with E-state index in [1.165, 1.54) is 19.3 Å². The van der Waals surface area contributed by atoms with Crippen LogP contribution in [-0.2, 0) is 9.47 Å². The Morgan fingerprint density at radius 2 is 1.85 bits per heavy atom. The number of hydrogen-bond donors (Lipinski definition) is 1. The van der Waals surface area contributed by atoms with Crippen LogP contribution in [0.2, 0.25) is 0 Å². The molecular weight excluding hydrogens is 332 g/mol. The monoisotopic (exact) mass is 364 g/mol. The number of aliphatic imine (C=N–C) groups is 1. The molecule has 0 radical (unpaired) electrons. The Kier molecular flexibility index (Phi) is 4.33. The molecule has 0 aromatic heterocycles. The summed E-state index contributed by atoms with van der Waals surface area (Å²) >= 11 is 0. The van der Waals surface area contributed by atoms with Gasteiger partial charge >= 0.3 is 6.09 Å². The van der Waals surface area contributed by atoms with Crippen molar-refractivity contribution in [2.45, 2.75) is 64.2 Å². The third kappa shape index (κ3) is 2.94. The molecule has 1 spiro atoms. The third-order valence-electron chi connectivity index (χ3n) is 6.51. The van der Waals surface area contributed by atoms with Crippen molar-refractivity contribution in [3.8, 4) is 0 Å². The normalized spacial score (nSPS) is 33.5. The highest BCUT2D eigenvalue weighted by molar-refractivity contribution is 5.79. The van der Waals surface area contributed by atoms with Crippen LogP contribution in [0.3, 0.4) is 0 Å². The molecule has 7 nitrogen and oxygen atoms in total. The average molecular weight is 364 g/mol. The van der Waals surface area contributed by atoms with Gasteiger partial charge in [-0.15, -0.1) is 0 Å². The number of guanidine groups is 1. The Labute approximate surface area is 155 Å². The van der Waals surface area contributed by atoms with Gasteiger partial charge in [-0.2, -0.15) is 0 Å². The van der Waals surface area contributed by atoms with Crippen LogP contribution in [0.15, 0.2) is 4.99 Å². The molecule has 4 rings (SSSR count). The molecule has 2 aliphatic heterocycles. The SMILES string of the molecule is CC(C)(C)OC(=O)N1CCN(C(N)=NC2C3CCOC3C23CCC3)CC1. The largest absolute Gasteiger partial charge is 0.444 e. The van der Waals surface area contributed by atoms with E-state index in [9.17, 15) is 4.79 Å². The van der Waals surface area contributed by atoms with E-state index in [0.717, 1.165) is 13.0 Å². The number of hydrogen-bond acceptors (Lipinski definition) is 4. The fourth-order valence-corrected chi connectivity index (χ4v) is 5.06. The van der Waals surface area contributed by atoms with E-state index < -0.39 is 5.60 Å². The first-order valence-corrected chi connectivity index (χ1v) is 9.98. The van der Waals surface area contributed by atoms with Crippen molar-refractivity contribution < 1.29 is 14.3 Å². The summed E-state index contributed by atoms with van der Waals surface area (Å²) in [6.45, 7) is 9.20. The summed E-state index contributed by atoms with van der Waals surface area (Å²) in [5, 5.41) is 0. The molecule has 1 amide bonds. The highest BCUT2D eigenvalue weighted by atomic mass is 16.6. The molecule has 2 aliphatic carbocycles.